The number of amides is 1. The maximum atomic E-state index is 12.1. The molecule has 0 saturated heterocycles. The van der Waals surface area contributed by atoms with Crippen LogP contribution in [0.15, 0.2) is 53.5 Å². The lowest BCUT2D eigenvalue weighted by Crippen LogP contribution is -2.38. The van der Waals surface area contributed by atoms with E-state index in [0.29, 0.717) is 18.7 Å². The van der Waals surface area contributed by atoms with Gasteiger partial charge in [-0.1, -0.05) is 12.1 Å². The molecule has 168 valence electrons. The Hall–Kier alpha value is -3.22. The lowest BCUT2D eigenvalue weighted by Gasteiger charge is -2.13. The number of carbonyl (C=O) groups is 1. The molecule has 0 aliphatic rings. The normalized spacial score (nSPS) is 11.0. The number of guanidine groups is 1. The summed E-state index contributed by atoms with van der Waals surface area (Å²) in [4.78, 5) is 18.3. The third kappa shape index (κ3) is 8.58. The van der Waals surface area contributed by atoms with Crippen LogP contribution in [0.5, 0.6) is 11.5 Å². The highest BCUT2D eigenvalue weighted by Gasteiger charge is 2.08. The predicted molar refractivity (Wildman–Crippen MR) is 125 cm³/mol. The first-order chi connectivity index (χ1) is 15.0. The lowest BCUT2D eigenvalue weighted by molar-refractivity contribution is 0.0827. The zero-order valence-corrected chi connectivity index (χ0v) is 19.0. The number of rotatable bonds is 11. The molecule has 0 heterocycles. The molecule has 2 aromatic carbocycles. The van der Waals surface area contributed by atoms with E-state index >= 15 is 0 Å². The van der Waals surface area contributed by atoms with E-state index in [9.17, 15) is 4.79 Å². The number of nitrogens with one attached hydrogen (secondary N) is 2. The molecule has 0 radical (unpaired) electrons. The van der Waals surface area contributed by atoms with Gasteiger partial charge in [0.25, 0.3) is 5.91 Å². The summed E-state index contributed by atoms with van der Waals surface area (Å²) < 4.78 is 10.9. The van der Waals surface area contributed by atoms with Crippen molar-refractivity contribution in [1.82, 2.24) is 15.5 Å². The lowest BCUT2D eigenvalue weighted by atomic mass is 10.1. The van der Waals surface area contributed by atoms with E-state index in [1.165, 1.54) is 0 Å². The van der Waals surface area contributed by atoms with Crippen LogP contribution in [0.3, 0.4) is 0 Å². The zero-order chi connectivity index (χ0) is 22.5. The minimum atomic E-state index is 0.0153. The molecular formula is C24H34N4O3. The minimum Gasteiger partial charge on any atom is -0.497 e. The summed E-state index contributed by atoms with van der Waals surface area (Å²) in [6.07, 6.45) is 1.62. The number of hydrogen-bond acceptors (Lipinski definition) is 4. The Kier molecular flexibility index (Phi) is 10.2. The first kappa shape index (κ1) is 24.1. The number of aliphatic imine (C=N–C) groups is 1. The molecule has 0 unspecified atom stereocenters. The molecular weight excluding hydrogens is 392 g/mol. The number of benzene rings is 2. The number of hydrogen-bond donors (Lipinski definition) is 2. The third-order valence-corrected chi connectivity index (χ3v) is 4.53. The Morgan fingerprint density at radius 1 is 1.06 bits per heavy atom. The highest BCUT2D eigenvalue weighted by Crippen LogP contribution is 2.17. The van der Waals surface area contributed by atoms with Gasteiger partial charge in [-0.3, -0.25) is 9.79 Å². The Balaban J connectivity index is 1.75. The van der Waals surface area contributed by atoms with Crippen LogP contribution in [0.1, 0.15) is 29.3 Å². The summed E-state index contributed by atoms with van der Waals surface area (Å²) in [5.74, 6) is 2.44. The zero-order valence-electron chi connectivity index (χ0n) is 19.0. The molecule has 2 aromatic rings. The number of nitrogens with zero attached hydrogens (tertiary/aromatic N) is 2. The van der Waals surface area contributed by atoms with Gasteiger partial charge in [0.05, 0.1) is 13.7 Å². The number of methoxy groups -OCH3 is 1. The topological polar surface area (TPSA) is 75.2 Å². The summed E-state index contributed by atoms with van der Waals surface area (Å²) in [6, 6.07) is 15.3. The van der Waals surface area contributed by atoms with Gasteiger partial charge in [-0.25, -0.2) is 0 Å². The summed E-state index contributed by atoms with van der Waals surface area (Å²) in [5.41, 5.74) is 1.82. The van der Waals surface area contributed by atoms with Gasteiger partial charge in [0.2, 0.25) is 0 Å². The van der Waals surface area contributed by atoms with E-state index in [4.69, 9.17) is 9.47 Å². The molecule has 0 aliphatic heterocycles. The largest absolute Gasteiger partial charge is 0.497 e. The van der Waals surface area contributed by atoms with E-state index in [-0.39, 0.29) is 5.91 Å². The van der Waals surface area contributed by atoms with Crippen LogP contribution in [0, 0.1) is 0 Å². The third-order valence-electron chi connectivity index (χ3n) is 4.53. The molecule has 2 N–H and O–H groups in total. The molecule has 0 bridgehead atoms. The van der Waals surface area contributed by atoms with E-state index < -0.39 is 0 Å². The number of ether oxygens (including phenoxy) is 2. The van der Waals surface area contributed by atoms with E-state index in [2.05, 4.69) is 15.6 Å². The maximum Gasteiger partial charge on any atom is 0.253 e. The highest BCUT2D eigenvalue weighted by molar-refractivity contribution is 5.94. The van der Waals surface area contributed by atoms with E-state index in [1.54, 1.807) is 26.1 Å². The fraction of sp³-hybridized carbons (Fsp3) is 0.417. The second-order valence-electron chi connectivity index (χ2n) is 7.21. The molecule has 2 rings (SSSR count). The maximum absolute atomic E-state index is 12.1. The monoisotopic (exact) mass is 426 g/mol. The fourth-order valence-corrected chi connectivity index (χ4v) is 2.90. The second-order valence-corrected chi connectivity index (χ2v) is 7.21. The molecule has 0 atom stereocenters. The van der Waals surface area contributed by atoms with Crippen LogP contribution in [-0.2, 0) is 6.42 Å². The van der Waals surface area contributed by atoms with Crippen LogP contribution >= 0.6 is 0 Å². The molecule has 0 saturated carbocycles. The average Bonchev–Trinajstić information content (AvgIpc) is 2.78. The van der Waals surface area contributed by atoms with Crippen LogP contribution in [-0.4, -0.2) is 64.2 Å². The standard InChI is InChI=1S/C24H34N4O3/c1-5-25-24(26-15-7-17-31-22-12-10-21(30-4)11-13-22)27-16-14-19-8-6-9-20(18-19)23(29)28(2)3/h6,8-13,18H,5,7,14-17H2,1-4H3,(H2,25,26,27). The van der Waals surface area contributed by atoms with Crippen LogP contribution < -0.4 is 20.1 Å². The molecule has 0 spiro atoms. The SMILES string of the molecule is CCNC(=NCCCOc1ccc(OC)cc1)NCCc1cccc(C(=O)N(C)C)c1. The molecule has 0 fully saturated rings. The van der Waals surface area contributed by atoms with Gasteiger partial charge in [0, 0.05) is 45.7 Å². The Bertz CT molecular complexity index is 835. The van der Waals surface area contributed by atoms with Gasteiger partial charge in [0.15, 0.2) is 5.96 Å². The van der Waals surface area contributed by atoms with Crippen molar-refractivity contribution in [1.29, 1.82) is 0 Å². The molecule has 0 aromatic heterocycles. The van der Waals surface area contributed by atoms with Crippen LogP contribution in [0.2, 0.25) is 0 Å². The first-order valence-corrected chi connectivity index (χ1v) is 10.6. The Morgan fingerprint density at radius 3 is 2.48 bits per heavy atom. The molecule has 7 nitrogen and oxygen atoms in total. The van der Waals surface area contributed by atoms with Gasteiger partial charge in [-0.05, 0) is 55.3 Å². The van der Waals surface area contributed by atoms with Crippen molar-refractivity contribution in [3.63, 3.8) is 0 Å². The van der Waals surface area contributed by atoms with Gasteiger partial charge in [-0.2, -0.15) is 0 Å². The Morgan fingerprint density at radius 2 is 1.81 bits per heavy atom. The smallest absolute Gasteiger partial charge is 0.253 e. The van der Waals surface area contributed by atoms with Crippen LogP contribution in [0.25, 0.3) is 0 Å². The highest BCUT2D eigenvalue weighted by atomic mass is 16.5. The van der Waals surface area contributed by atoms with Gasteiger partial charge >= 0.3 is 0 Å². The molecule has 0 aliphatic carbocycles. The predicted octanol–water partition coefficient (Wildman–Crippen LogP) is 2.96. The van der Waals surface area contributed by atoms with Crippen molar-refractivity contribution in [2.24, 2.45) is 4.99 Å². The summed E-state index contributed by atoms with van der Waals surface area (Å²) >= 11 is 0. The van der Waals surface area contributed by atoms with Crippen molar-refractivity contribution in [3.05, 3.63) is 59.7 Å². The average molecular weight is 427 g/mol. The van der Waals surface area contributed by atoms with Crippen molar-refractivity contribution < 1.29 is 14.3 Å². The van der Waals surface area contributed by atoms with Crippen molar-refractivity contribution in [3.8, 4) is 11.5 Å². The van der Waals surface area contributed by atoms with Crippen LogP contribution in [0.4, 0.5) is 0 Å². The van der Waals surface area contributed by atoms with E-state index in [1.807, 2.05) is 55.5 Å². The Labute approximate surface area is 185 Å². The van der Waals surface area contributed by atoms with Crippen molar-refractivity contribution in [2.75, 3.05) is 47.4 Å². The minimum absolute atomic E-state index is 0.0153. The van der Waals surface area contributed by atoms with E-state index in [0.717, 1.165) is 49.0 Å². The molecule has 7 heteroatoms. The summed E-state index contributed by atoms with van der Waals surface area (Å²) in [5, 5.41) is 6.61. The quantitative estimate of drug-likeness (QED) is 0.328. The van der Waals surface area contributed by atoms with Gasteiger partial charge < -0.3 is 25.0 Å². The first-order valence-electron chi connectivity index (χ1n) is 10.6. The second kappa shape index (κ2) is 13.2. The number of carbonyl (C=O) groups excluding carboxylic acids is 1. The van der Waals surface area contributed by atoms with Gasteiger partial charge in [-0.15, -0.1) is 0 Å². The van der Waals surface area contributed by atoms with Crippen molar-refractivity contribution >= 4 is 11.9 Å². The molecule has 1 amide bonds. The van der Waals surface area contributed by atoms with Crippen molar-refractivity contribution in [2.45, 2.75) is 19.8 Å². The summed E-state index contributed by atoms with van der Waals surface area (Å²) in [7, 11) is 5.17. The fourth-order valence-electron chi connectivity index (χ4n) is 2.90. The summed E-state index contributed by atoms with van der Waals surface area (Å²) in [6.45, 7) is 4.83. The van der Waals surface area contributed by atoms with Gasteiger partial charge in [0.1, 0.15) is 11.5 Å². The molecule has 31 heavy (non-hydrogen) atoms.